The minimum absolute atomic E-state index is 0.0646. The summed E-state index contributed by atoms with van der Waals surface area (Å²) in [7, 11) is 1.33. The van der Waals surface area contributed by atoms with Gasteiger partial charge < -0.3 is 14.8 Å². The normalized spacial score (nSPS) is 12.7. The maximum Gasteiger partial charge on any atom is 0.407 e. The van der Waals surface area contributed by atoms with E-state index >= 15 is 0 Å². The molecule has 1 amide bonds. The highest BCUT2D eigenvalue weighted by atomic mass is 19.1. The third-order valence-electron chi connectivity index (χ3n) is 2.73. The molecule has 1 atom stereocenters. The van der Waals surface area contributed by atoms with Crippen molar-refractivity contribution in [1.29, 1.82) is 0 Å². The van der Waals surface area contributed by atoms with Crippen LogP contribution in [-0.2, 0) is 4.74 Å². The highest BCUT2D eigenvalue weighted by Gasteiger charge is 2.20. The van der Waals surface area contributed by atoms with Gasteiger partial charge in [0.2, 0.25) is 0 Å². The largest absolute Gasteiger partial charge is 0.497 e. The van der Waals surface area contributed by atoms with Gasteiger partial charge >= 0.3 is 6.09 Å². The molecule has 0 fully saturated rings. The maximum atomic E-state index is 13.9. The molecule has 4 nitrogen and oxygen atoms in total. The predicted molar refractivity (Wildman–Crippen MR) is 75.6 cm³/mol. The van der Waals surface area contributed by atoms with Crippen LogP contribution in [0.25, 0.3) is 0 Å². The van der Waals surface area contributed by atoms with E-state index in [9.17, 15) is 13.6 Å². The van der Waals surface area contributed by atoms with Crippen molar-refractivity contribution in [1.82, 2.24) is 5.32 Å². The Balaban J connectivity index is 2.72. The SMILES string of the molecule is COc1cc(F)c([C@@H](C)CNC(=O)OC(C)(C)C)c(F)c1. The molecule has 0 unspecified atom stereocenters. The van der Waals surface area contributed by atoms with Gasteiger partial charge in [-0.3, -0.25) is 0 Å². The summed E-state index contributed by atoms with van der Waals surface area (Å²) in [6.45, 7) is 6.89. The van der Waals surface area contributed by atoms with Gasteiger partial charge in [-0.1, -0.05) is 6.92 Å². The summed E-state index contributed by atoms with van der Waals surface area (Å²) < 4.78 is 37.6. The number of carbonyl (C=O) groups excluding carboxylic acids is 1. The van der Waals surface area contributed by atoms with Gasteiger partial charge in [0.05, 0.1) is 7.11 Å². The van der Waals surface area contributed by atoms with E-state index in [2.05, 4.69) is 5.32 Å². The summed E-state index contributed by atoms with van der Waals surface area (Å²) in [6.07, 6.45) is -0.622. The Morgan fingerprint density at radius 1 is 1.29 bits per heavy atom. The molecule has 1 aromatic carbocycles. The zero-order chi connectivity index (χ0) is 16.2. The number of methoxy groups -OCH3 is 1. The van der Waals surface area contributed by atoms with Gasteiger partial charge in [-0.2, -0.15) is 0 Å². The second-order valence-corrected chi connectivity index (χ2v) is 5.79. The maximum absolute atomic E-state index is 13.9. The summed E-state index contributed by atoms with van der Waals surface area (Å²) in [5, 5.41) is 2.49. The number of benzene rings is 1. The third-order valence-corrected chi connectivity index (χ3v) is 2.73. The van der Waals surface area contributed by atoms with Crippen molar-refractivity contribution in [2.45, 2.75) is 39.2 Å². The minimum atomic E-state index is -0.703. The van der Waals surface area contributed by atoms with Crippen LogP contribution in [0.15, 0.2) is 12.1 Å². The van der Waals surface area contributed by atoms with Crippen molar-refractivity contribution in [2.75, 3.05) is 13.7 Å². The average molecular weight is 301 g/mol. The summed E-state index contributed by atoms with van der Waals surface area (Å²) in [6, 6.07) is 2.23. The Labute approximate surface area is 123 Å². The molecule has 1 N–H and O–H groups in total. The fourth-order valence-electron chi connectivity index (χ4n) is 1.80. The van der Waals surface area contributed by atoms with Crippen molar-refractivity contribution < 1.29 is 23.0 Å². The fraction of sp³-hybridized carbons (Fsp3) is 0.533. The van der Waals surface area contributed by atoms with Crippen LogP contribution in [0.2, 0.25) is 0 Å². The number of carbonyl (C=O) groups is 1. The Morgan fingerprint density at radius 3 is 2.24 bits per heavy atom. The lowest BCUT2D eigenvalue weighted by molar-refractivity contribution is 0.0524. The molecular weight excluding hydrogens is 280 g/mol. The molecule has 0 aliphatic heterocycles. The van der Waals surface area contributed by atoms with Crippen LogP contribution in [0.1, 0.15) is 39.2 Å². The standard InChI is InChI=1S/C15H21F2NO3/c1-9(8-18-14(19)21-15(2,3)4)13-11(16)6-10(20-5)7-12(13)17/h6-7,9H,8H2,1-5H3,(H,18,19)/t9-/m0/s1. The number of alkyl carbamates (subject to hydrolysis) is 1. The van der Waals surface area contributed by atoms with Crippen molar-refractivity contribution in [2.24, 2.45) is 0 Å². The molecule has 1 rings (SSSR count). The topological polar surface area (TPSA) is 47.6 Å². The Hall–Kier alpha value is -1.85. The molecule has 6 heteroatoms. The molecule has 118 valence electrons. The zero-order valence-electron chi connectivity index (χ0n) is 12.9. The number of hydrogen-bond donors (Lipinski definition) is 1. The molecule has 0 heterocycles. The van der Waals surface area contributed by atoms with E-state index in [4.69, 9.17) is 9.47 Å². The van der Waals surface area contributed by atoms with E-state index in [-0.39, 0.29) is 17.9 Å². The first-order valence-corrected chi connectivity index (χ1v) is 6.64. The van der Waals surface area contributed by atoms with Crippen LogP contribution in [0.5, 0.6) is 5.75 Å². The van der Waals surface area contributed by atoms with Gasteiger partial charge in [-0.05, 0) is 20.8 Å². The van der Waals surface area contributed by atoms with Crippen LogP contribution < -0.4 is 10.1 Å². The molecule has 1 aromatic rings. The van der Waals surface area contributed by atoms with Crippen LogP contribution in [0, 0.1) is 11.6 Å². The van der Waals surface area contributed by atoms with Crippen molar-refractivity contribution in [3.8, 4) is 5.75 Å². The molecule has 0 aromatic heterocycles. The molecule has 0 bridgehead atoms. The Kier molecular flexibility index (Phi) is 5.52. The Bertz CT molecular complexity index is 489. The summed E-state index contributed by atoms with van der Waals surface area (Å²) in [5.41, 5.74) is -0.712. The van der Waals surface area contributed by atoms with Crippen LogP contribution in [-0.4, -0.2) is 25.3 Å². The van der Waals surface area contributed by atoms with E-state index in [0.29, 0.717) is 0 Å². The van der Waals surface area contributed by atoms with E-state index < -0.39 is 29.2 Å². The first-order chi connectivity index (χ1) is 9.64. The average Bonchev–Trinajstić information content (AvgIpc) is 2.33. The van der Waals surface area contributed by atoms with Gasteiger partial charge in [0, 0.05) is 30.2 Å². The van der Waals surface area contributed by atoms with Crippen LogP contribution in [0.3, 0.4) is 0 Å². The summed E-state index contributed by atoms with van der Waals surface area (Å²) in [4.78, 5) is 11.5. The monoisotopic (exact) mass is 301 g/mol. The quantitative estimate of drug-likeness (QED) is 0.924. The number of halogens is 2. The van der Waals surface area contributed by atoms with E-state index in [1.54, 1.807) is 27.7 Å². The second kappa shape index (κ2) is 6.74. The number of amides is 1. The van der Waals surface area contributed by atoms with Crippen molar-refractivity contribution in [3.63, 3.8) is 0 Å². The number of hydrogen-bond acceptors (Lipinski definition) is 3. The van der Waals surface area contributed by atoms with Crippen LogP contribution >= 0.6 is 0 Å². The number of rotatable bonds is 4. The van der Waals surface area contributed by atoms with Gasteiger partial charge in [0.1, 0.15) is 23.0 Å². The van der Waals surface area contributed by atoms with Gasteiger partial charge in [-0.25, -0.2) is 13.6 Å². The number of ether oxygens (including phenoxy) is 2. The smallest absolute Gasteiger partial charge is 0.407 e. The first kappa shape index (κ1) is 17.2. The molecule has 0 saturated heterocycles. The predicted octanol–water partition coefficient (Wildman–Crippen LogP) is 3.60. The van der Waals surface area contributed by atoms with Crippen LogP contribution in [0.4, 0.5) is 13.6 Å². The second-order valence-electron chi connectivity index (χ2n) is 5.79. The lowest BCUT2D eigenvalue weighted by Gasteiger charge is -2.21. The van der Waals surface area contributed by atoms with Gasteiger partial charge in [-0.15, -0.1) is 0 Å². The summed E-state index contributed by atoms with van der Waals surface area (Å²) in [5.74, 6) is -1.83. The molecular formula is C15H21F2NO3. The molecule has 0 saturated carbocycles. The van der Waals surface area contributed by atoms with E-state index in [0.717, 1.165) is 12.1 Å². The van der Waals surface area contributed by atoms with Gasteiger partial charge in [0.15, 0.2) is 0 Å². The molecule has 0 spiro atoms. The van der Waals surface area contributed by atoms with Gasteiger partial charge in [0.25, 0.3) is 0 Å². The third kappa shape index (κ3) is 5.21. The lowest BCUT2D eigenvalue weighted by atomic mass is 9.99. The molecule has 0 aliphatic rings. The molecule has 21 heavy (non-hydrogen) atoms. The number of nitrogens with one attached hydrogen (secondary N) is 1. The first-order valence-electron chi connectivity index (χ1n) is 6.64. The molecule has 0 radical (unpaired) electrons. The molecule has 0 aliphatic carbocycles. The minimum Gasteiger partial charge on any atom is -0.497 e. The zero-order valence-corrected chi connectivity index (χ0v) is 12.9. The fourth-order valence-corrected chi connectivity index (χ4v) is 1.80. The van der Waals surface area contributed by atoms with Crippen molar-refractivity contribution in [3.05, 3.63) is 29.3 Å². The van der Waals surface area contributed by atoms with Crippen molar-refractivity contribution >= 4 is 6.09 Å². The lowest BCUT2D eigenvalue weighted by Crippen LogP contribution is -2.34. The highest BCUT2D eigenvalue weighted by Crippen LogP contribution is 2.26. The van der Waals surface area contributed by atoms with E-state index in [1.807, 2.05) is 0 Å². The summed E-state index contributed by atoms with van der Waals surface area (Å²) >= 11 is 0. The highest BCUT2D eigenvalue weighted by molar-refractivity contribution is 5.67. The van der Waals surface area contributed by atoms with E-state index in [1.165, 1.54) is 7.11 Å². The Morgan fingerprint density at radius 2 is 1.81 bits per heavy atom.